The summed E-state index contributed by atoms with van der Waals surface area (Å²) in [5.74, 6) is 1.99. The fraction of sp³-hybridized carbons (Fsp3) is 0.500. The van der Waals surface area contributed by atoms with Gasteiger partial charge in [0.05, 0.1) is 5.56 Å². The Morgan fingerprint density at radius 2 is 1.81 bits per heavy atom. The van der Waals surface area contributed by atoms with Gasteiger partial charge in [-0.2, -0.15) is 8.42 Å². The highest BCUT2D eigenvalue weighted by Crippen LogP contribution is 2.49. The van der Waals surface area contributed by atoms with Gasteiger partial charge >= 0.3 is 5.63 Å². The lowest BCUT2D eigenvalue weighted by atomic mass is 9.86. The summed E-state index contributed by atoms with van der Waals surface area (Å²) in [6, 6.07) is 8.71. The Morgan fingerprint density at radius 1 is 1.11 bits per heavy atom. The number of anilines is 1. The van der Waals surface area contributed by atoms with E-state index < -0.39 is 15.6 Å². The van der Waals surface area contributed by atoms with Crippen LogP contribution < -0.4 is 10.3 Å². The number of aryl methyl sites for hydroxylation is 1. The van der Waals surface area contributed by atoms with E-state index in [1.165, 1.54) is 36.4 Å². The number of aromatic hydroxyl groups is 1. The highest BCUT2D eigenvalue weighted by Gasteiger charge is 2.39. The van der Waals surface area contributed by atoms with E-state index in [1.54, 1.807) is 37.5 Å². The van der Waals surface area contributed by atoms with Crippen molar-refractivity contribution in [2.75, 3.05) is 4.72 Å². The van der Waals surface area contributed by atoms with Gasteiger partial charge in [0.1, 0.15) is 11.5 Å². The van der Waals surface area contributed by atoms with E-state index in [0.29, 0.717) is 23.3 Å². The van der Waals surface area contributed by atoms with Crippen molar-refractivity contribution in [3.05, 3.63) is 70.0 Å². The Hall–Kier alpha value is -3.07. The van der Waals surface area contributed by atoms with E-state index in [9.17, 15) is 18.3 Å². The molecular weight excluding hydrogens is 490 g/mol. The molecule has 0 spiro atoms. The Labute approximate surface area is 216 Å². The fourth-order valence-corrected chi connectivity index (χ4v) is 6.72. The minimum absolute atomic E-state index is 0.0151. The molecule has 3 aliphatic carbocycles. The van der Waals surface area contributed by atoms with Crippen molar-refractivity contribution >= 4 is 15.7 Å². The SMILES string of the molecule is Cn1ccnc1S(=O)(=O)Nc1cccc(C(c2c(O)cc(C(CC3CC3)CC3CC3)oc2=O)C2CC2)c1. The number of sulfonamides is 1. The number of imidazole rings is 1. The third-order valence-corrected chi connectivity index (χ3v) is 9.32. The van der Waals surface area contributed by atoms with Crippen LogP contribution in [0.15, 0.2) is 57.1 Å². The quantitative estimate of drug-likeness (QED) is 0.361. The molecule has 2 aromatic heterocycles. The van der Waals surface area contributed by atoms with Crippen molar-refractivity contribution < 1.29 is 17.9 Å². The Morgan fingerprint density at radius 3 is 2.38 bits per heavy atom. The molecule has 0 aliphatic heterocycles. The summed E-state index contributed by atoms with van der Waals surface area (Å²) in [4.78, 5) is 17.3. The van der Waals surface area contributed by atoms with Crippen molar-refractivity contribution in [3.8, 4) is 5.75 Å². The summed E-state index contributed by atoms with van der Waals surface area (Å²) in [5, 5.41) is 11.1. The summed E-state index contributed by atoms with van der Waals surface area (Å²) in [6.45, 7) is 0. The maximum absolute atomic E-state index is 13.4. The summed E-state index contributed by atoms with van der Waals surface area (Å²) in [7, 11) is -2.26. The third kappa shape index (κ3) is 5.32. The molecule has 3 aliphatic rings. The molecule has 0 bridgehead atoms. The molecule has 1 aromatic carbocycles. The first kappa shape index (κ1) is 24.3. The maximum Gasteiger partial charge on any atom is 0.343 e. The molecule has 0 saturated heterocycles. The van der Waals surface area contributed by atoms with Crippen LogP contribution in [0.1, 0.15) is 80.1 Å². The fourth-order valence-electron chi connectivity index (χ4n) is 5.55. The largest absolute Gasteiger partial charge is 0.507 e. The molecule has 2 N–H and O–H groups in total. The summed E-state index contributed by atoms with van der Waals surface area (Å²) >= 11 is 0. The molecule has 8 nitrogen and oxygen atoms in total. The number of nitrogens with one attached hydrogen (secondary N) is 1. The zero-order valence-electron chi connectivity index (χ0n) is 21.0. The Kier molecular flexibility index (Phi) is 6.13. The van der Waals surface area contributed by atoms with Crippen molar-refractivity contribution in [2.24, 2.45) is 24.8 Å². The average Bonchev–Trinajstić information content (AvgIpc) is 3.71. The van der Waals surface area contributed by atoms with Gasteiger partial charge in [-0.05, 0) is 61.1 Å². The molecule has 1 atom stereocenters. The van der Waals surface area contributed by atoms with Crippen LogP contribution in [0.3, 0.4) is 0 Å². The smallest absolute Gasteiger partial charge is 0.343 e. The van der Waals surface area contributed by atoms with Gasteiger partial charge in [-0.1, -0.05) is 37.8 Å². The Bertz CT molecular complexity index is 1450. The zero-order valence-corrected chi connectivity index (χ0v) is 21.8. The first-order valence-electron chi connectivity index (χ1n) is 13.3. The number of hydrogen-bond acceptors (Lipinski definition) is 6. The molecule has 9 heteroatoms. The van der Waals surface area contributed by atoms with Crippen LogP contribution in [0, 0.1) is 17.8 Å². The van der Waals surface area contributed by atoms with Gasteiger partial charge in [-0.25, -0.2) is 9.78 Å². The average molecular weight is 524 g/mol. The monoisotopic (exact) mass is 523 g/mol. The van der Waals surface area contributed by atoms with Crippen LogP contribution in [-0.4, -0.2) is 23.1 Å². The second kappa shape index (κ2) is 9.35. The molecule has 3 aromatic rings. The van der Waals surface area contributed by atoms with E-state index in [2.05, 4.69) is 9.71 Å². The molecule has 1 unspecified atom stereocenters. The second-order valence-corrected chi connectivity index (χ2v) is 12.7. The molecular formula is C28H33N3O5S. The molecule has 37 heavy (non-hydrogen) atoms. The first-order valence-corrected chi connectivity index (χ1v) is 14.7. The van der Waals surface area contributed by atoms with Crippen molar-refractivity contribution in [1.29, 1.82) is 0 Å². The number of benzene rings is 1. The summed E-state index contributed by atoms with van der Waals surface area (Å²) in [5.41, 5.74) is 0.931. The maximum atomic E-state index is 13.4. The number of rotatable bonds is 11. The predicted molar refractivity (Wildman–Crippen MR) is 139 cm³/mol. The van der Waals surface area contributed by atoms with Gasteiger partial charge in [0.25, 0.3) is 10.0 Å². The van der Waals surface area contributed by atoms with Crippen LogP contribution in [0.5, 0.6) is 5.75 Å². The molecule has 0 amide bonds. The van der Waals surface area contributed by atoms with E-state index in [1.807, 2.05) is 6.07 Å². The van der Waals surface area contributed by atoms with Gasteiger partial charge in [0, 0.05) is 43.0 Å². The normalized spacial score (nSPS) is 18.8. The molecule has 6 rings (SSSR count). The molecule has 3 saturated carbocycles. The highest BCUT2D eigenvalue weighted by atomic mass is 32.2. The predicted octanol–water partition coefficient (Wildman–Crippen LogP) is 5.11. The third-order valence-electron chi connectivity index (χ3n) is 7.94. The van der Waals surface area contributed by atoms with Crippen molar-refractivity contribution in [1.82, 2.24) is 9.55 Å². The molecule has 0 radical (unpaired) electrons. The number of nitrogens with zero attached hydrogens (tertiary/aromatic N) is 2. The second-order valence-electron chi connectivity index (χ2n) is 11.2. The van der Waals surface area contributed by atoms with Gasteiger partial charge in [-0.15, -0.1) is 0 Å². The van der Waals surface area contributed by atoms with Gasteiger partial charge in [0.15, 0.2) is 0 Å². The topological polar surface area (TPSA) is 114 Å². The minimum atomic E-state index is -3.88. The Balaban J connectivity index is 1.31. The molecule has 2 heterocycles. The minimum Gasteiger partial charge on any atom is -0.507 e. The van der Waals surface area contributed by atoms with Gasteiger partial charge in [0.2, 0.25) is 5.16 Å². The lowest BCUT2D eigenvalue weighted by Gasteiger charge is -2.21. The van der Waals surface area contributed by atoms with Gasteiger partial charge in [-0.3, -0.25) is 4.72 Å². The molecule has 196 valence electrons. The van der Waals surface area contributed by atoms with E-state index in [-0.39, 0.29) is 34.2 Å². The van der Waals surface area contributed by atoms with Crippen molar-refractivity contribution in [2.45, 2.75) is 68.4 Å². The van der Waals surface area contributed by atoms with Crippen LogP contribution >= 0.6 is 0 Å². The van der Waals surface area contributed by atoms with Crippen molar-refractivity contribution in [3.63, 3.8) is 0 Å². The summed E-state index contributed by atoms with van der Waals surface area (Å²) in [6.07, 6.45) is 11.8. The van der Waals surface area contributed by atoms with E-state index in [0.717, 1.165) is 31.2 Å². The van der Waals surface area contributed by atoms with E-state index in [4.69, 9.17) is 4.42 Å². The summed E-state index contributed by atoms with van der Waals surface area (Å²) < 4.78 is 35.7. The standard InChI is InChI=1S/C28H33N3O5S/c1-31-12-11-29-28(31)37(34,35)30-22-4-2-3-20(15-22)25(19-9-10-19)26-23(32)16-24(36-27(26)33)21(13-17-5-6-17)14-18-7-8-18/h2-4,11-12,15-19,21,25,30,32H,5-10,13-14H2,1H3. The number of aromatic nitrogens is 2. The van der Waals surface area contributed by atoms with Crippen LogP contribution in [0.2, 0.25) is 0 Å². The lowest BCUT2D eigenvalue weighted by Crippen LogP contribution is -2.19. The van der Waals surface area contributed by atoms with Gasteiger partial charge < -0.3 is 14.1 Å². The first-order chi connectivity index (χ1) is 17.8. The number of hydrogen-bond donors (Lipinski definition) is 2. The van der Waals surface area contributed by atoms with Crippen LogP contribution in [0.25, 0.3) is 0 Å². The lowest BCUT2D eigenvalue weighted by molar-refractivity contribution is 0.357. The van der Waals surface area contributed by atoms with E-state index >= 15 is 0 Å². The zero-order chi connectivity index (χ0) is 25.7. The van der Waals surface area contributed by atoms with Crippen LogP contribution in [-0.2, 0) is 17.1 Å². The van der Waals surface area contributed by atoms with Crippen LogP contribution in [0.4, 0.5) is 5.69 Å². The highest BCUT2D eigenvalue weighted by molar-refractivity contribution is 7.92. The molecule has 3 fully saturated rings.